The minimum absolute atomic E-state index is 0.0151. The molecule has 2 rings (SSSR count). The van der Waals surface area contributed by atoms with Crippen molar-refractivity contribution in [2.75, 3.05) is 13.7 Å². The predicted octanol–water partition coefficient (Wildman–Crippen LogP) is 0.469. The van der Waals surface area contributed by atoms with Crippen molar-refractivity contribution < 1.29 is 52.7 Å². The number of benzene rings is 1. The number of aliphatic hydroxyl groups is 1. The van der Waals surface area contributed by atoms with Crippen LogP contribution in [0.2, 0.25) is 0 Å². The Morgan fingerprint density at radius 3 is 2.09 bits per heavy atom. The van der Waals surface area contributed by atoms with Crippen LogP contribution >= 0.6 is 0 Å². The number of carbonyl (C=O) groups is 4. The largest absolute Gasteiger partial charge is 0.495 e. The summed E-state index contributed by atoms with van der Waals surface area (Å²) in [6, 6.07) is 6.08. The molecule has 1 saturated heterocycles. The number of rotatable bonds is 7. The van der Waals surface area contributed by atoms with Crippen molar-refractivity contribution in [1.82, 2.24) is 0 Å². The van der Waals surface area contributed by atoms with Crippen molar-refractivity contribution in [2.45, 2.75) is 57.9 Å². The molecule has 0 unspecified atom stereocenters. The third-order valence-electron chi connectivity index (χ3n) is 4.78. The van der Waals surface area contributed by atoms with Gasteiger partial charge in [-0.05, 0) is 12.1 Å². The lowest BCUT2D eigenvalue weighted by atomic mass is 9.86. The van der Waals surface area contributed by atoms with Crippen molar-refractivity contribution in [2.24, 2.45) is 0 Å². The standard InChI is InChI=1S/C22H25NO11/c1-11(24)30-10-17-19(31-12(2)25)20(32-13(3)26)21(33-14(4)27)22(28,34-17)16-8-6-7-15(9-23)18(16)29-5/h6-8,17,19-21,28H,10H2,1-5H3/t17-,19-,20+,21-,22-/m1/s1. The van der Waals surface area contributed by atoms with E-state index in [4.69, 9.17) is 28.4 Å². The summed E-state index contributed by atoms with van der Waals surface area (Å²) in [4.78, 5) is 47.2. The lowest BCUT2D eigenvalue weighted by Crippen LogP contribution is -2.66. The van der Waals surface area contributed by atoms with Gasteiger partial charge in [0.15, 0.2) is 12.2 Å². The fraction of sp³-hybridized carbons (Fsp3) is 0.500. The summed E-state index contributed by atoms with van der Waals surface area (Å²) in [5, 5.41) is 21.2. The van der Waals surface area contributed by atoms with Crippen LogP contribution in [0, 0.1) is 11.3 Å². The predicted molar refractivity (Wildman–Crippen MR) is 110 cm³/mol. The Morgan fingerprint density at radius 1 is 1.00 bits per heavy atom. The Hall–Kier alpha value is -3.69. The van der Waals surface area contributed by atoms with Crippen molar-refractivity contribution in [3.8, 4) is 11.8 Å². The fourth-order valence-electron chi connectivity index (χ4n) is 3.62. The Morgan fingerprint density at radius 2 is 1.59 bits per heavy atom. The van der Waals surface area contributed by atoms with Crippen molar-refractivity contribution in [3.63, 3.8) is 0 Å². The number of carbonyl (C=O) groups excluding carboxylic acids is 4. The summed E-state index contributed by atoms with van der Waals surface area (Å²) in [6.45, 7) is 3.78. The molecule has 1 N–H and O–H groups in total. The number of nitrogens with zero attached hydrogens (tertiary/aromatic N) is 1. The third kappa shape index (κ3) is 5.81. The van der Waals surface area contributed by atoms with E-state index in [-0.39, 0.29) is 16.9 Å². The average molecular weight is 479 g/mol. The second kappa shape index (κ2) is 11.0. The highest BCUT2D eigenvalue weighted by Crippen LogP contribution is 2.44. The van der Waals surface area contributed by atoms with Gasteiger partial charge in [0.2, 0.25) is 11.9 Å². The molecule has 0 bridgehead atoms. The molecule has 1 heterocycles. The highest BCUT2D eigenvalue weighted by atomic mass is 16.7. The first-order chi connectivity index (χ1) is 15.9. The number of ether oxygens (including phenoxy) is 6. The molecule has 0 amide bonds. The molecular weight excluding hydrogens is 454 g/mol. The van der Waals surface area contributed by atoms with Gasteiger partial charge in [-0.2, -0.15) is 5.26 Å². The van der Waals surface area contributed by atoms with Gasteiger partial charge in [0.1, 0.15) is 24.5 Å². The van der Waals surface area contributed by atoms with E-state index in [0.717, 1.165) is 27.7 Å². The Labute approximate surface area is 195 Å². The van der Waals surface area contributed by atoms with Gasteiger partial charge in [0.05, 0.1) is 18.2 Å². The molecular formula is C22H25NO11. The first-order valence-electron chi connectivity index (χ1n) is 10.1. The van der Waals surface area contributed by atoms with Crippen LogP contribution in [0.3, 0.4) is 0 Å². The van der Waals surface area contributed by atoms with Crippen LogP contribution in [0.1, 0.15) is 38.8 Å². The van der Waals surface area contributed by atoms with Gasteiger partial charge < -0.3 is 33.5 Å². The molecule has 12 nitrogen and oxygen atoms in total. The van der Waals surface area contributed by atoms with Gasteiger partial charge in [-0.15, -0.1) is 0 Å². The topological polar surface area (TPSA) is 168 Å². The normalized spacial score (nSPS) is 25.9. The highest BCUT2D eigenvalue weighted by Gasteiger charge is 2.61. The molecule has 34 heavy (non-hydrogen) atoms. The van der Waals surface area contributed by atoms with Gasteiger partial charge in [-0.1, -0.05) is 6.07 Å². The lowest BCUT2D eigenvalue weighted by Gasteiger charge is -2.48. The first kappa shape index (κ1) is 26.6. The number of methoxy groups -OCH3 is 1. The number of nitriles is 1. The van der Waals surface area contributed by atoms with Crippen molar-refractivity contribution in [1.29, 1.82) is 5.26 Å². The van der Waals surface area contributed by atoms with E-state index in [0.29, 0.717) is 0 Å². The smallest absolute Gasteiger partial charge is 0.303 e. The SMILES string of the molecule is COc1c(C#N)cccc1[C@@]1(O)O[C@H](COC(C)=O)[C@@H](OC(C)=O)[C@H](OC(C)=O)[C@H]1OC(C)=O. The highest BCUT2D eigenvalue weighted by molar-refractivity contribution is 5.69. The Balaban J connectivity index is 2.77. The van der Waals surface area contributed by atoms with E-state index in [2.05, 4.69) is 0 Å². The zero-order valence-electron chi connectivity index (χ0n) is 19.2. The van der Waals surface area contributed by atoms with E-state index in [1.807, 2.05) is 6.07 Å². The van der Waals surface area contributed by atoms with Crippen LogP contribution in [-0.4, -0.2) is 67.1 Å². The molecule has 0 radical (unpaired) electrons. The van der Waals surface area contributed by atoms with Crippen LogP contribution in [0.15, 0.2) is 18.2 Å². The quantitative estimate of drug-likeness (QED) is 0.424. The molecule has 1 aliphatic heterocycles. The van der Waals surface area contributed by atoms with Gasteiger partial charge in [-0.25, -0.2) is 0 Å². The van der Waals surface area contributed by atoms with Gasteiger partial charge in [-0.3, -0.25) is 19.2 Å². The summed E-state index contributed by atoms with van der Waals surface area (Å²) in [5.74, 6) is -5.96. The molecule has 1 fully saturated rings. The molecule has 0 saturated carbocycles. The second-order valence-corrected chi connectivity index (χ2v) is 7.33. The van der Waals surface area contributed by atoms with Gasteiger partial charge in [0, 0.05) is 27.7 Å². The summed E-state index contributed by atoms with van der Waals surface area (Å²) >= 11 is 0. The summed E-state index contributed by atoms with van der Waals surface area (Å²) in [5.41, 5.74) is -0.132. The number of hydrogen-bond donors (Lipinski definition) is 1. The lowest BCUT2D eigenvalue weighted by molar-refractivity contribution is -0.360. The fourth-order valence-corrected chi connectivity index (χ4v) is 3.62. The molecule has 0 spiro atoms. The molecule has 5 atom stereocenters. The van der Waals surface area contributed by atoms with E-state index in [1.54, 1.807) is 0 Å². The number of para-hydroxylation sites is 1. The van der Waals surface area contributed by atoms with Gasteiger partial charge in [0.25, 0.3) is 0 Å². The van der Waals surface area contributed by atoms with E-state index in [1.165, 1.54) is 25.3 Å². The van der Waals surface area contributed by atoms with E-state index < -0.39 is 60.7 Å². The second-order valence-electron chi connectivity index (χ2n) is 7.33. The van der Waals surface area contributed by atoms with Crippen LogP contribution < -0.4 is 4.74 Å². The van der Waals surface area contributed by atoms with E-state index >= 15 is 0 Å². The monoisotopic (exact) mass is 479 g/mol. The minimum atomic E-state index is -2.59. The van der Waals surface area contributed by atoms with Crippen LogP contribution in [-0.2, 0) is 48.6 Å². The third-order valence-corrected chi connectivity index (χ3v) is 4.78. The zero-order chi connectivity index (χ0) is 25.6. The van der Waals surface area contributed by atoms with Crippen LogP contribution in [0.5, 0.6) is 5.75 Å². The van der Waals surface area contributed by atoms with Crippen LogP contribution in [0.4, 0.5) is 0 Å². The van der Waals surface area contributed by atoms with E-state index in [9.17, 15) is 29.5 Å². The Kier molecular flexibility index (Phi) is 8.56. The molecule has 0 aliphatic carbocycles. The minimum Gasteiger partial charge on any atom is -0.495 e. The van der Waals surface area contributed by atoms with Crippen molar-refractivity contribution >= 4 is 23.9 Å². The Bertz CT molecular complexity index is 1000. The molecule has 1 aromatic carbocycles. The first-order valence-corrected chi connectivity index (χ1v) is 10.1. The number of esters is 4. The summed E-state index contributed by atoms with van der Waals surface area (Å²) in [6.07, 6.45) is -6.21. The molecule has 184 valence electrons. The molecule has 1 aliphatic rings. The maximum Gasteiger partial charge on any atom is 0.303 e. The van der Waals surface area contributed by atoms with Crippen molar-refractivity contribution in [3.05, 3.63) is 29.3 Å². The molecule has 1 aromatic rings. The molecule has 12 heteroatoms. The number of hydrogen-bond acceptors (Lipinski definition) is 12. The van der Waals surface area contributed by atoms with Gasteiger partial charge >= 0.3 is 23.9 Å². The maximum absolute atomic E-state index is 12.0. The maximum atomic E-state index is 12.0. The van der Waals surface area contributed by atoms with Crippen LogP contribution in [0.25, 0.3) is 0 Å². The average Bonchev–Trinajstić information content (AvgIpc) is 2.75. The molecule has 0 aromatic heterocycles. The summed E-state index contributed by atoms with van der Waals surface area (Å²) < 4.78 is 32.0. The summed E-state index contributed by atoms with van der Waals surface area (Å²) in [7, 11) is 1.24. The zero-order valence-corrected chi connectivity index (χ0v) is 19.2.